The number of phenolic OH excluding ortho intramolecular Hbond substituents is 2. The van der Waals surface area contributed by atoms with Crippen LogP contribution >= 0.6 is 0 Å². The average molecular weight is 629 g/mol. The number of rotatable bonds is 17. The smallest absolute Gasteiger partial charge is 0.180 e. The van der Waals surface area contributed by atoms with E-state index in [1.165, 1.54) is 12.8 Å². The first-order valence-electron chi connectivity index (χ1n) is 17.0. The second kappa shape index (κ2) is 16.5. The highest BCUT2D eigenvalue weighted by atomic mass is 16.5. The molecule has 0 amide bonds. The van der Waals surface area contributed by atoms with E-state index in [0.717, 1.165) is 44.2 Å². The third kappa shape index (κ3) is 8.20. The van der Waals surface area contributed by atoms with Gasteiger partial charge in [-0.05, 0) is 74.9 Å². The van der Waals surface area contributed by atoms with Crippen molar-refractivity contribution in [2.24, 2.45) is 18.9 Å². The lowest BCUT2D eigenvalue weighted by atomic mass is 10.0. The van der Waals surface area contributed by atoms with Gasteiger partial charge >= 0.3 is 0 Å². The van der Waals surface area contributed by atoms with Crippen molar-refractivity contribution in [3.05, 3.63) is 53.7 Å². The van der Waals surface area contributed by atoms with Crippen molar-refractivity contribution in [1.82, 2.24) is 19.5 Å². The molecule has 8 heteroatoms. The molecule has 0 radical (unpaired) electrons. The van der Waals surface area contributed by atoms with Crippen LogP contribution in [0, 0.1) is 25.7 Å². The lowest BCUT2D eigenvalue weighted by Gasteiger charge is -2.19. The molecule has 46 heavy (non-hydrogen) atoms. The fourth-order valence-corrected chi connectivity index (χ4v) is 5.67. The number of aryl methyl sites for hydroxylation is 1. The number of aromatic nitrogens is 4. The summed E-state index contributed by atoms with van der Waals surface area (Å²) in [5, 5.41) is 22.8. The van der Waals surface area contributed by atoms with Crippen molar-refractivity contribution in [2.45, 2.75) is 92.9 Å². The summed E-state index contributed by atoms with van der Waals surface area (Å²) in [5.41, 5.74) is 2.99. The van der Waals surface area contributed by atoms with Crippen LogP contribution in [0.5, 0.6) is 23.0 Å². The molecule has 4 rings (SSSR count). The van der Waals surface area contributed by atoms with Crippen LogP contribution in [0.3, 0.4) is 0 Å². The Morgan fingerprint density at radius 2 is 1.13 bits per heavy atom. The van der Waals surface area contributed by atoms with Gasteiger partial charge in [0.2, 0.25) is 0 Å². The zero-order chi connectivity index (χ0) is 33.2. The molecule has 0 spiro atoms. The molecular formula is C38H52N4O4. The SMILES string of the molecule is CCCCC(CC)COc1ccc(-c2nc(-c3ccc(OCC(CC)CCCC)c(C)c3O)nc(-c3cccn3C)n2)c(O)c1C. The van der Waals surface area contributed by atoms with Gasteiger partial charge in [-0.2, -0.15) is 0 Å². The first kappa shape index (κ1) is 34.8. The molecule has 0 saturated heterocycles. The number of ether oxygens (including phenoxy) is 2. The van der Waals surface area contributed by atoms with E-state index in [4.69, 9.17) is 24.4 Å². The summed E-state index contributed by atoms with van der Waals surface area (Å²) in [6, 6.07) is 11.2. The van der Waals surface area contributed by atoms with Crippen LogP contribution in [0.25, 0.3) is 34.3 Å². The Labute approximate surface area is 274 Å². The zero-order valence-electron chi connectivity index (χ0n) is 28.8. The number of hydrogen-bond donors (Lipinski definition) is 2. The van der Waals surface area contributed by atoms with Crippen LogP contribution in [0.2, 0.25) is 0 Å². The van der Waals surface area contributed by atoms with Crippen LogP contribution < -0.4 is 9.47 Å². The van der Waals surface area contributed by atoms with E-state index in [-0.39, 0.29) is 11.5 Å². The van der Waals surface area contributed by atoms with Crippen molar-refractivity contribution in [2.75, 3.05) is 13.2 Å². The van der Waals surface area contributed by atoms with Gasteiger partial charge in [-0.25, -0.2) is 15.0 Å². The van der Waals surface area contributed by atoms with Gasteiger partial charge in [0.1, 0.15) is 23.0 Å². The summed E-state index contributed by atoms with van der Waals surface area (Å²) in [6.45, 7) is 13.7. The van der Waals surface area contributed by atoms with E-state index in [2.05, 4.69) is 27.7 Å². The van der Waals surface area contributed by atoms with Gasteiger partial charge in [-0.1, -0.05) is 66.2 Å². The van der Waals surface area contributed by atoms with Gasteiger partial charge < -0.3 is 24.3 Å². The summed E-state index contributed by atoms with van der Waals surface area (Å²) >= 11 is 0. The Hall–Kier alpha value is -4.07. The molecule has 2 N–H and O–H groups in total. The van der Waals surface area contributed by atoms with Crippen molar-refractivity contribution in [1.29, 1.82) is 0 Å². The fourth-order valence-electron chi connectivity index (χ4n) is 5.67. The Morgan fingerprint density at radius 3 is 1.52 bits per heavy atom. The molecule has 2 atom stereocenters. The Kier molecular flexibility index (Phi) is 12.5. The third-order valence-corrected chi connectivity index (χ3v) is 9.09. The maximum absolute atomic E-state index is 11.4. The monoisotopic (exact) mass is 628 g/mol. The second-order valence-electron chi connectivity index (χ2n) is 12.4. The molecule has 0 aliphatic heterocycles. The molecule has 2 unspecified atom stereocenters. The Balaban J connectivity index is 1.70. The topological polar surface area (TPSA) is 103 Å². The maximum Gasteiger partial charge on any atom is 0.180 e. The summed E-state index contributed by atoms with van der Waals surface area (Å²) in [7, 11) is 1.92. The summed E-state index contributed by atoms with van der Waals surface area (Å²) in [5.74, 6) is 3.42. The predicted molar refractivity (Wildman–Crippen MR) is 186 cm³/mol. The highest BCUT2D eigenvalue weighted by Crippen LogP contribution is 2.40. The minimum atomic E-state index is 0.0618. The first-order chi connectivity index (χ1) is 22.2. The summed E-state index contributed by atoms with van der Waals surface area (Å²) in [4.78, 5) is 14.4. The van der Waals surface area contributed by atoms with E-state index in [1.807, 2.05) is 55.9 Å². The van der Waals surface area contributed by atoms with E-state index in [9.17, 15) is 10.2 Å². The lowest BCUT2D eigenvalue weighted by Crippen LogP contribution is -2.12. The standard InChI is InChI=1S/C38H52N4O4/c1-8-12-15-27(10-3)23-45-32-20-18-29(34(43)25(32)5)36-39-37(41-38(40-36)31-17-14-22-42(31)7)30-19-21-33(26(6)35(30)44)46-24-28(11-4)16-13-9-2/h14,17-22,27-28,43-44H,8-13,15-16,23-24H2,1-7H3. The first-order valence-corrected chi connectivity index (χ1v) is 17.0. The van der Waals surface area contributed by atoms with Crippen LogP contribution in [0.15, 0.2) is 42.6 Å². The fraction of sp³-hybridized carbons (Fsp3) is 0.500. The molecule has 0 bridgehead atoms. The van der Waals surface area contributed by atoms with E-state index in [0.29, 0.717) is 76.3 Å². The molecule has 0 aliphatic rings. The molecule has 0 fully saturated rings. The summed E-state index contributed by atoms with van der Waals surface area (Å²) < 4.78 is 14.3. The van der Waals surface area contributed by atoms with Gasteiger partial charge in [-0.3, -0.25) is 0 Å². The van der Waals surface area contributed by atoms with Gasteiger partial charge in [0.15, 0.2) is 17.5 Å². The minimum absolute atomic E-state index is 0.0618. The molecule has 2 heterocycles. The van der Waals surface area contributed by atoms with Crippen molar-refractivity contribution in [3.63, 3.8) is 0 Å². The predicted octanol–water partition coefficient (Wildman–Crippen LogP) is 9.43. The van der Waals surface area contributed by atoms with Gasteiger partial charge in [0.25, 0.3) is 0 Å². The van der Waals surface area contributed by atoms with Gasteiger partial charge in [-0.15, -0.1) is 0 Å². The number of nitrogens with zero attached hydrogens (tertiary/aromatic N) is 4. The van der Waals surface area contributed by atoms with Crippen LogP contribution in [-0.4, -0.2) is 42.9 Å². The van der Waals surface area contributed by atoms with E-state index < -0.39 is 0 Å². The Bertz CT molecular complexity index is 1490. The number of aromatic hydroxyl groups is 2. The molecule has 248 valence electrons. The molecule has 2 aromatic carbocycles. The average Bonchev–Trinajstić information content (AvgIpc) is 3.50. The molecular weight excluding hydrogens is 576 g/mol. The maximum atomic E-state index is 11.4. The number of phenols is 2. The number of benzene rings is 2. The molecule has 0 aliphatic carbocycles. The highest BCUT2D eigenvalue weighted by Gasteiger charge is 2.22. The zero-order valence-corrected chi connectivity index (χ0v) is 28.8. The molecule has 0 saturated carbocycles. The van der Waals surface area contributed by atoms with Crippen LogP contribution in [0.4, 0.5) is 0 Å². The number of unbranched alkanes of at least 4 members (excludes halogenated alkanes) is 2. The van der Waals surface area contributed by atoms with Crippen molar-refractivity contribution >= 4 is 0 Å². The quantitative estimate of drug-likeness (QED) is 0.120. The summed E-state index contributed by atoms with van der Waals surface area (Å²) in [6.07, 6.45) is 11.0. The highest BCUT2D eigenvalue weighted by molar-refractivity contribution is 5.74. The van der Waals surface area contributed by atoms with Gasteiger partial charge in [0, 0.05) is 24.4 Å². The third-order valence-electron chi connectivity index (χ3n) is 9.09. The van der Waals surface area contributed by atoms with Crippen molar-refractivity contribution in [3.8, 4) is 57.3 Å². The minimum Gasteiger partial charge on any atom is -0.507 e. The largest absolute Gasteiger partial charge is 0.507 e. The molecule has 8 nitrogen and oxygen atoms in total. The lowest BCUT2D eigenvalue weighted by molar-refractivity contribution is 0.231. The van der Waals surface area contributed by atoms with E-state index >= 15 is 0 Å². The number of hydrogen-bond acceptors (Lipinski definition) is 7. The second-order valence-corrected chi connectivity index (χ2v) is 12.4. The normalized spacial score (nSPS) is 12.7. The van der Waals surface area contributed by atoms with Crippen LogP contribution in [0.1, 0.15) is 90.2 Å². The van der Waals surface area contributed by atoms with Crippen LogP contribution in [-0.2, 0) is 7.05 Å². The van der Waals surface area contributed by atoms with Gasteiger partial charge in [0.05, 0.1) is 30.0 Å². The van der Waals surface area contributed by atoms with Crippen molar-refractivity contribution < 1.29 is 19.7 Å². The molecule has 2 aromatic heterocycles. The Morgan fingerprint density at radius 1 is 0.674 bits per heavy atom. The molecule has 4 aromatic rings. The van der Waals surface area contributed by atoms with E-state index in [1.54, 1.807) is 12.1 Å².